The van der Waals surface area contributed by atoms with E-state index in [1.54, 1.807) is 36.4 Å². The Morgan fingerprint density at radius 1 is 1.28 bits per heavy atom. The van der Waals surface area contributed by atoms with Crippen LogP contribution in [0.3, 0.4) is 0 Å². The number of nitrogens with zero attached hydrogens (tertiary/aromatic N) is 5. The lowest BCUT2D eigenvalue weighted by Gasteiger charge is -2.09. The summed E-state index contributed by atoms with van der Waals surface area (Å²) in [5, 5.41) is 26.1. The number of phenols is 1. The van der Waals surface area contributed by atoms with Crippen molar-refractivity contribution in [3.05, 3.63) is 47.0 Å². The van der Waals surface area contributed by atoms with Crippen LogP contribution >= 0.6 is 11.6 Å². The zero-order chi connectivity index (χ0) is 20.8. The monoisotopic (exact) mass is 416 g/mol. The Kier molecular flexibility index (Phi) is 6.25. The molecule has 0 saturated heterocycles. The quantitative estimate of drug-likeness (QED) is 0.445. The number of amides is 1. The summed E-state index contributed by atoms with van der Waals surface area (Å²) in [6.07, 6.45) is 1.38. The summed E-state index contributed by atoms with van der Waals surface area (Å²) in [6.45, 7) is -0.184. The molecule has 0 saturated carbocycles. The average molecular weight is 417 g/mol. The number of carbonyl (C=O) groups excluding carboxylic acids is 1. The largest absolute Gasteiger partial charge is 0.502 e. The van der Waals surface area contributed by atoms with Crippen LogP contribution in [0.25, 0.3) is 11.4 Å². The minimum atomic E-state index is -0.456. The highest BCUT2D eigenvalue weighted by Gasteiger charge is 2.12. The van der Waals surface area contributed by atoms with Crippen molar-refractivity contribution in [1.29, 1.82) is 0 Å². The number of hydrogen-bond acceptors (Lipinski definition) is 8. The molecule has 0 unspecified atom stereocenters. The lowest BCUT2D eigenvalue weighted by Crippen LogP contribution is -2.24. The molecule has 0 fully saturated rings. The predicted octanol–water partition coefficient (Wildman–Crippen LogP) is 1.87. The minimum Gasteiger partial charge on any atom is -0.502 e. The maximum Gasteiger partial charge on any atom is 0.263 e. The Balaban J connectivity index is 1.63. The smallest absolute Gasteiger partial charge is 0.263 e. The van der Waals surface area contributed by atoms with Crippen LogP contribution < -0.4 is 14.9 Å². The molecule has 2 N–H and O–H groups in total. The highest BCUT2D eigenvalue weighted by atomic mass is 35.5. The van der Waals surface area contributed by atoms with Gasteiger partial charge in [-0.1, -0.05) is 23.7 Å². The minimum absolute atomic E-state index is 0.122. The van der Waals surface area contributed by atoms with E-state index < -0.39 is 5.91 Å². The molecule has 1 heterocycles. The van der Waals surface area contributed by atoms with Gasteiger partial charge in [-0.15, -0.1) is 10.2 Å². The molecule has 10 nitrogen and oxygen atoms in total. The first-order chi connectivity index (χ1) is 14.0. The highest BCUT2D eigenvalue weighted by molar-refractivity contribution is 6.33. The molecule has 1 amide bonds. The van der Waals surface area contributed by atoms with Crippen molar-refractivity contribution in [2.45, 2.75) is 6.54 Å². The third kappa shape index (κ3) is 4.79. The van der Waals surface area contributed by atoms with Crippen molar-refractivity contribution in [2.24, 2.45) is 5.10 Å². The fraction of sp³-hybridized carbons (Fsp3) is 0.167. The molecule has 3 rings (SSSR count). The fourth-order valence-electron chi connectivity index (χ4n) is 2.39. The van der Waals surface area contributed by atoms with Gasteiger partial charge in [0.2, 0.25) is 11.6 Å². The number of hydrazone groups is 1. The van der Waals surface area contributed by atoms with Gasteiger partial charge >= 0.3 is 0 Å². The van der Waals surface area contributed by atoms with E-state index in [1.807, 2.05) is 0 Å². The molecular formula is C18H17ClN6O4. The maximum absolute atomic E-state index is 12.0. The molecule has 0 radical (unpaired) electrons. The molecule has 0 bridgehead atoms. The van der Waals surface area contributed by atoms with Gasteiger partial charge in [0.05, 0.1) is 25.5 Å². The van der Waals surface area contributed by atoms with Crippen LogP contribution in [-0.2, 0) is 11.3 Å². The number of carbonyl (C=O) groups is 1. The number of aromatic nitrogens is 4. The maximum atomic E-state index is 12.0. The molecule has 0 aliphatic heterocycles. The van der Waals surface area contributed by atoms with Crippen LogP contribution in [0.4, 0.5) is 0 Å². The van der Waals surface area contributed by atoms with E-state index in [1.165, 1.54) is 20.4 Å². The average Bonchev–Trinajstić information content (AvgIpc) is 3.17. The summed E-state index contributed by atoms with van der Waals surface area (Å²) >= 11 is 6.10. The van der Waals surface area contributed by atoms with Crippen molar-refractivity contribution in [3.63, 3.8) is 0 Å². The number of ether oxygens (including phenoxy) is 2. The SMILES string of the molecule is COc1cc(C=NNC(=O)Cn2nnc(-c3ccccc3Cl)n2)cc(OC)c1O. The number of rotatable bonds is 7. The molecule has 0 aliphatic rings. The predicted molar refractivity (Wildman–Crippen MR) is 105 cm³/mol. The van der Waals surface area contributed by atoms with Gasteiger partial charge in [-0.25, -0.2) is 5.43 Å². The Morgan fingerprint density at radius 2 is 1.97 bits per heavy atom. The van der Waals surface area contributed by atoms with Crippen molar-refractivity contribution in [2.75, 3.05) is 14.2 Å². The Morgan fingerprint density at radius 3 is 2.62 bits per heavy atom. The zero-order valence-electron chi connectivity index (χ0n) is 15.5. The number of phenolic OH excluding ortho intramolecular Hbond substituents is 1. The molecule has 0 atom stereocenters. The van der Waals surface area contributed by atoms with E-state index in [2.05, 4.69) is 25.9 Å². The lowest BCUT2D eigenvalue weighted by atomic mass is 10.2. The first-order valence-electron chi connectivity index (χ1n) is 8.31. The number of halogens is 1. The third-order valence-corrected chi connectivity index (χ3v) is 4.09. The van der Waals surface area contributed by atoms with E-state index in [0.29, 0.717) is 22.0 Å². The van der Waals surface area contributed by atoms with E-state index >= 15 is 0 Å². The first kappa shape index (κ1) is 20.1. The Labute approximate surface area is 170 Å². The summed E-state index contributed by atoms with van der Waals surface area (Å²) in [5.41, 5.74) is 3.53. The normalized spacial score (nSPS) is 10.9. The number of hydrogen-bond donors (Lipinski definition) is 2. The van der Waals surface area contributed by atoms with Crippen LogP contribution in [0.15, 0.2) is 41.5 Å². The van der Waals surface area contributed by atoms with Gasteiger partial charge in [0.1, 0.15) is 6.54 Å². The Bertz CT molecular complexity index is 1030. The van der Waals surface area contributed by atoms with Crippen LogP contribution in [0, 0.1) is 0 Å². The second-order valence-electron chi connectivity index (χ2n) is 5.69. The van der Waals surface area contributed by atoms with Crippen LogP contribution in [0.5, 0.6) is 17.2 Å². The summed E-state index contributed by atoms with van der Waals surface area (Å²) < 4.78 is 10.1. The molecule has 0 aliphatic carbocycles. The number of benzene rings is 2. The van der Waals surface area contributed by atoms with E-state index in [0.717, 1.165) is 4.80 Å². The highest BCUT2D eigenvalue weighted by Crippen LogP contribution is 2.36. The molecule has 0 spiro atoms. The lowest BCUT2D eigenvalue weighted by molar-refractivity contribution is -0.122. The van der Waals surface area contributed by atoms with Crippen molar-refractivity contribution < 1.29 is 19.4 Å². The number of nitrogens with one attached hydrogen (secondary N) is 1. The molecule has 1 aromatic heterocycles. The number of aromatic hydroxyl groups is 1. The summed E-state index contributed by atoms with van der Waals surface area (Å²) in [6, 6.07) is 10.2. The topological polar surface area (TPSA) is 124 Å². The van der Waals surface area contributed by atoms with Crippen LogP contribution in [0.2, 0.25) is 5.02 Å². The van der Waals surface area contributed by atoms with E-state index in [9.17, 15) is 9.90 Å². The Hall–Kier alpha value is -3.66. The summed E-state index contributed by atoms with van der Waals surface area (Å²) in [7, 11) is 2.83. The van der Waals surface area contributed by atoms with Crippen LogP contribution in [0.1, 0.15) is 5.56 Å². The molecule has 29 heavy (non-hydrogen) atoms. The molecular weight excluding hydrogens is 400 g/mol. The van der Waals surface area contributed by atoms with Gasteiger partial charge in [0.15, 0.2) is 11.5 Å². The number of methoxy groups -OCH3 is 2. The molecule has 150 valence electrons. The molecule has 3 aromatic rings. The summed E-state index contributed by atoms with van der Waals surface area (Å²) in [4.78, 5) is 13.2. The van der Waals surface area contributed by atoms with Gasteiger partial charge in [0.25, 0.3) is 5.91 Å². The van der Waals surface area contributed by atoms with E-state index in [-0.39, 0.29) is 23.8 Å². The standard InChI is InChI=1S/C18H17ClN6O4/c1-28-14-7-11(8-15(29-2)17(14)27)9-20-21-16(26)10-25-23-18(22-24-25)12-5-3-4-6-13(12)19/h3-9,27H,10H2,1-2H3,(H,21,26). The van der Waals surface area contributed by atoms with Gasteiger partial charge < -0.3 is 14.6 Å². The van der Waals surface area contributed by atoms with Gasteiger partial charge in [0, 0.05) is 11.1 Å². The second-order valence-corrected chi connectivity index (χ2v) is 6.10. The van der Waals surface area contributed by atoms with Crippen molar-refractivity contribution >= 4 is 23.7 Å². The number of tetrazole rings is 1. The van der Waals surface area contributed by atoms with Crippen molar-refractivity contribution in [3.8, 4) is 28.6 Å². The van der Waals surface area contributed by atoms with Gasteiger partial charge in [-0.05, 0) is 29.5 Å². The van der Waals surface area contributed by atoms with Gasteiger partial charge in [-0.3, -0.25) is 4.79 Å². The third-order valence-electron chi connectivity index (χ3n) is 3.76. The molecule has 11 heteroatoms. The summed E-state index contributed by atoms with van der Waals surface area (Å²) in [5.74, 6) is 0.173. The molecule has 2 aromatic carbocycles. The van der Waals surface area contributed by atoms with E-state index in [4.69, 9.17) is 21.1 Å². The second kappa shape index (κ2) is 9.02. The van der Waals surface area contributed by atoms with Crippen LogP contribution in [-0.4, -0.2) is 51.7 Å². The first-order valence-corrected chi connectivity index (χ1v) is 8.69. The zero-order valence-corrected chi connectivity index (χ0v) is 16.3. The van der Waals surface area contributed by atoms with Crippen molar-refractivity contribution in [1.82, 2.24) is 25.6 Å². The van der Waals surface area contributed by atoms with Gasteiger partial charge in [-0.2, -0.15) is 9.90 Å². The fourth-order valence-corrected chi connectivity index (χ4v) is 2.61.